The lowest BCUT2D eigenvalue weighted by Crippen LogP contribution is -2.52. The number of rotatable bonds is 7. The van der Waals surface area contributed by atoms with Crippen LogP contribution in [0.2, 0.25) is 0 Å². The fourth-order valence-corrected chi connectivity index (χ4v) is 4.78. The number of nitrogens with zero attached hydrogens (tertiary/aromatic N) is 4. The molecule has 10 heteroatoms. The zero-order valence-corrected chi connectivity index (χ0v) is 17.0. The topological polar surface area (TPSA) is 116 Å². The molecule has 1 aliphatic rings. The van der Waals surface area contributed by atoms with Crippen LogP contribution >= 0.6 is 0 Å². The van der Waals surface area contributed by atoms with Gasteiger partial charge in [0.1, 0.15) is 5.69 Å². The van der Waals surface area contributed by atoms with Crippen LogP contribution in [0.25, 0.3) is 0 Å². The lowest BCUT2D eigenvalue weighted by Gasteiger charge is -2.37. The molecule has 1 aliphatic heterocycles. The molecule has 3 rings (SSSR count). The van der Waals surface area contributed by atoms with Crippen LogP contribution in [0.3, 0.4) is 0 Å². The van der Waals surface area contributed by atoms with E-state index >= 15 is 0 Å². The van der Waals surface area contributed by atoms with Crippen molar-refractivity contribution in [3.05, 3.63) is 48.5 Å². The van der Waals surface area contributed by atoms with E-state index in [0.717, 1.165) is 6.42 Å². The second kappa shape index (κ2) is 9.40. The summed E-state index contributed by atoms with van der Waals surface area (Å²) in [4.78, 5) is 22.3. The Hall–Kier alpha value is -2.40. The van der Waals surface area contributed by atoms with Crippen LogP contribution in [0.4, 0.5) is 5.69 Å². The van der Waals surface area contributed by atoms with Crippen molar-refractivity contribution in [2.45, 2.75) is 24.3 Å². The molecule has 1 saturated heterocycles. The largest absolute Gasteiger partial charge is 0.395 e. The Morgan fingerprint density at radius 2 is 2.00 bits per heavy atom. The van der Waals surface area contributed by atoms with Crippen LogP contribution in [0.15, 0.2) is 47.8 Å². The molecule has 0 spiro atoms. The molecule has 0 radical (unpaired) electrons. The monoisotopic (exact) mass is 419 g/mol. The molecule has 2 heterocycles. The van der Waals surface area contributed by atoms with Crippen molar-refractivity contribution in [3.63, 3.8) is 0 Å². The number of aliphatic hydroxyl groups excluding tert-OH is 1. The Morgan fingerprint density at radius 3 is 2.62 bits per heavy atom. The van der Waals surface area contributed by atoms with E-state index in [9.17, 15) is 18.3 Å². The van der Waals surface area contributed by atoms with E-state index in [2.05, 4.69) is 20.2 Å². The van der Waals surface area contributed by atoms with Crippen molar-refractivity contribution in [1.82, 2.24) is 19.2 Å². The standard InChI is InChI=1S/C19H25N5O4S/c1-2-16(14-25)23-8-10-24(11-9-23)29(27,28)17-5-3-4-15(12-17)22-19(26)18-13-20-6-7-21-18/h3-7,12-13,16,25H,2,8-11,14H2,1H3,(H,22,26). The molecule has 0 saturated carbocycles. The van der Waals surface area contributed by atoms with E-state index in [1.54, 1.807) is 12.1 Å². The Kier molecular flexibility index (Phi) is 6.91. The number of sulfonamides is 1. The van der Waals surface area contributed by atoms with E-state index in [1.165, 1.54) is 35.0 Å². The maximum Gasteiger partial charge on any atom is 0.275 e. The summed E-state index contributed by atoms with van der Waals surface area (Å²) in [5.74, 6) is -0.462. The van der Waals surface area contributed by atoms with Gasteiger partial charge < -0.3 is 10.4 Å². The molecule has 1 aromatic carbocycles. The van der Waals surface area contributed by atoms with Crippen molar-refractivity contribution in [3.8, 4) is 0 Å². The lowest BCUT2D eigenvalue weighted by atomic mass is 10.2. The Balaban J connectivity index is 1.70. The molecule has 2 N–H and O–H groups in total. The van der Waals surface area contributed by atoms with Crippen molar-refractivity contribution in [2.75, 3.05) is 38.1 Å². The van der Waals surface area contributed by atoms with Gasteiger partial charge in [0.25, 0.3) is 5.91 Å². The van der Waals surface area contributed by atoms with Gasteiger partial charge in [-0.1, -0.05) is 13.0 Å². The molecular weight excluding hydrogens is 394 g/mol. The summed E-state index contributed by atoms with van der Waals surface area (Å²) in [6.45, 7) is 3.93. The number of hydrogen-bond donors (Lipinski definition) is 2. The fraction of sp³-hybridized carbons (Fsp3) is 0.421. The normalized spacial score (nSPS) is 17.0. The van der Waals surface area contributed by atoms with Gasteiger partial charge in [0.15, 0.2) is 0 Å². The zero-order chi connectivity index (χ0) is 20.9. The minimum atomic E-state index is -3.68. The lowest BCUT2D eigenvalue weighted by molar-refractivity contribution is 0.0881. The summed E-state index contributed by atoms with van der Waals surface area (Å²) in [6.07, 6.45) is 5.03. The highest BCUT2D eigenvalue weighted by molar-refractivity contribution is 7.89. The summed E-state index contributed by atoms with van der Waals surface area (Å²) in [7, 11) is -3.68. The third-order valence-corrected chi connectivity index (χ3v) is 6.89. The minimum Gasteiger partial charge on any atom is -0.395 e. The predicted octanol–water partition coefficient (Wildman–Crippen LogP) is 0.806. The third kappa shape index (κ3) is 4.96. The predicted molar refractivity (Wildman–Crippen MR) is 108 cm³/mol. The second-order valence-electron chi connectivity index (χ2n) is 6.76. The average molecular weight is 420 g/mol. The van der Waals surface area contributed by atoms with Gasteiger partial charge in [-0.2, -0.15) is 4.31 Å². The summed E-state index contributed by atoms with van der Waals surface area (Å²) in [5, 5.41) is 12.1. The molecule has 1 unspecified atom stereocenters. The number of carbonyl (C=O) groups excluding carboxylic acids is 1. The number of nitrogens with one attached hydrogen (secondary N) is 1. The van der Waals surface area contributed by atoms with E-state index in [-0.39, 0.29) is 23.2 Å². The van der Waals surface area contributed by atoms with E-state index in [0.29, 0.717) is 31.9 Å². The third-order valence-electron chi connectivity index (χ3n) is 5.00. The van der Waals surface area contributed by atoms with Crippen LogP contribution in [-0.4, -0.2) is 77.4 Å². The molecular formula is C19H25N5O4S. The van der Waals surface area contributed by atoms with Gasteiger partial charge in [0.2, 0.25) is 10.0 Å². The number of amides is 1. The molecule has 156 valence electrons. The molecule has 1 aromatic heterocycles. The van der Waals surface area contributed by atoms with Gasteiger partial charge in [-0.25, -0.2) is 13.4 Å². The highest BCUT2D eigenvalue weighted by Crippen LogP contribution is 2.22. The minimum absolute atomic E-state index is 0.0551. The van der Waals surface area contributed by atoms with Crippen molar-refractivity contribution in [1.29, 1.82) is 0 Å². The molecule has 0 aliphatic carbocycles. The Labute approximate surface area is 170 Å². The van der Waals surface area contributed by atoms with Crippen molar-refractivity contribution in [2.24, 2.45) is 0 Å². The molecule has 29 heavy (non-hydrogen) atoms. The van der Waals surface area contributed by atoms with Crippen LogP contribution in [0.5, 0.6) is 0 Å². The number of aliphatic hydroxyl groups is 1. The van der Waals surface area contributed by atoms with Gasteiger partial charge >= 0.3 is 0 Å². The number of hydrogen-bond acceptors (Lipinski definition) is 7. The van der Waals surface area contributed by atoms with Crippen LogP contribution in [0, 0.1) is 0 Å². The quantitative estimate of drug-likeness (QED) is 0.682. The van der Waals surface area contributed by atoms with Gasteiger partial charge in [-0.15, -0.1) is 0 Å². The maximum atomic E-state index is 13.0. The van der Waals surface area contributed by atoms with Crippen molar-refractivity contribution >= 4 is 21.6 Å². The number of aromatic nitrogens is 2. The van der Waals surface area contributed by atoms with Crippen LogP contribution < -0.4 is 5.32 Å². The fourth-order valence-electron chi connectivity index (χ4n) is 3.31. The average Bonchev–Trinajstić information content (AvgIpc) is 2.76. The Bertz CT molecular complexity index is 927. The molecule has 0 bridgehead atoms. The molecule has 9 nitrogen and oxygen atoms in total. The molecule has 2 aromatic rings. The number of benzene rings is 1. The van der Waals surface area contributed by atoms with Gasteiger partial charge in [0, 0.05) is 50.3 Å². The summed E-state index contributed by atoms with van der Waals surface area (Å²) in [6, 6.07) is 6.23. The highest BCUT2D eigenvalue weighted by Gasteiger charge is 2.30. The van der Waals surface area contributed by atoms with Crippen LogP contribution in [0.1, 0.15) is 23.8 Å². The highest BCUT2D eigenvalue weighted by atomic mass is 32.2. The molecule has 1 atom stereocenters. The molecule has 1 amide bonds. The zero-order valence-electron chi connectivity index (χ0n) is 16.2. The molecule has 1 fully saturated rings. The van der Waals surface area contributed by atoms with E-state index < -0.39 is 15.9 Å². The van der Waals surface area contributed by atoms with E-state index in [1.807, 2.05) is 6.92 Å². The summed E-state index contributed by atoms with van der Waals surface area (Å²) < 4.78 is 27.5. The van der Waals surface area contributed by atoms with Gasteiger partial charge in [-0.05, 0) is 24.6 Å². The van der Waals surface area contributed by atoms with E-state index in [4.69, 9.17) is 0 Å². The number of piperazine rings is 1. The summed E-state index contributed by atoms with van der Waals surface area (Å²) in [5.41, 5.74) is 0.512. The summed E-state index contributed by atoms with van der Waals surface area (Å²) >= 11 is 0. The first-order chi connectivity index (χ1) is 14.0. The SMILES string of the molecule is CCC(CO)N1CCN(S(=O)(=O)c2cccc(NC(=O)c3cnccn3)c2)CC1. The van der Waals surface area contributed by atoms with Crippen LogP contribution in [-0.2, 0) is 10.0 Å². The first-order valence-corrected chi connectivity index (χ1v) is 10.9. The first kappa shape index (κ1) is 21.3. The van der Waals surface area contributed by atoms with Gasteiger partial charge in [-0.3, -0.25) is 14.7 Å². The van der Waals surface area contributed by atoms with Gasteiger partial charge in [0.05, 0.1) is 17.7 Å². The number of carbonyl (C=O) groups is 1. The maximum absolute atomic E-state index is 13.0. The number of anilines is 1. The van der Waals surface area contributed by atoms with Crippen molar-refractivity contribution < 1.29 is 18.3 Å². The first-order valence-electron chi connectivity index (χ1n) is 9.48. The second-order valence-corrected chi connectivity index (χ2v) is 8.70. The smallest absolute Gasteiger partial charge is 0.275 e. The Morgan fingerprint density at radius 1 is 1.24 bits per heavy atom.